The van der Waals surface area contributed by atoms with E-state index in [4.69, 9.17) is 0 Å². The van der Waals surface area contributed by atoms with E-state index in [-0.39, 0.29) is 0 Å². The second-order valence-electron chi connectivity index (χ2n) is 3.41. The Hall–Kier alpha value is -2.35. The first-order chi connectivity index (χ1) is 7.99. The molecular formula is C12H11FN2O2. The maximum atomic E-state index is 12.8. The van der Waals surface area contributed by atoms with Gasteiger partial charge in [-0.2, -0.15) is 0 Å². The topological polar surface area (TPSA) is 49.4 Å². The summed E-state index contributed by atoms with van der Waals surface area (Å²) in [6, 6.07) is 4.98. The summed E-state index contributed by atoms with van der Waals surface area (Å²) < 4.78 is 12.8. The molecule has 88 valence electrons. The van der Waals surface area contributed by atoms with Crippen LogP contribution in [0.5, 0.6) is 0 Å². The van der Waals surface area contributed by atoms with Crippen LogP contribution in [0.25, 0.3) is 0 Å². The van der Waals surface area contributed by atoms with Gasteiger partial charge in [0.2, 0.25) is 0 Å². The van der Waals surface area contributed by atoms with Crippen molar-refractivity contribution < 1.29 is 14.0 Å². The van der Waals surface area contributed by atoms with Crippen LogP contribution in [-0.2, 0) is 4.79 Å². The molecule has 0 aliphatic carbocycles. The largest absolute Gasteiger partial charge is 0.331 e. The molecular weight excluding hydrogens is 223 g/mol. The predicted octanol–water partition coefficient (Wildman–Crippen LogP) is 0.975. The SMILES string of the molecule is CN(C)C(=O)NC(=O)C#Cc1cccc(F)c1. The highest BCUT2D eigenvalue weighted by Crippen LogP contribution is 2.00. The molecule has 1 N–H and O–H groups in total. The number of carbonyl (C=O) groups excluding carboxylic acids is 2. The molecule has 1 rings (SSSR count). The van der Waals surface area contributed by atoms with Crippen molar-refractivity contribution in [2.45, 2.75) is 0 Å². The number of benzene rings is 1. The fraction of sp³-hybridized carbons (Fsp3) is 0.167. The molecule has 0 heterocycles. The molecule has 1 aromatic carbocycles. The van der Waals surface area contributed by atoms with Crippen LogP contribution >= 0.6 is 0 Å². The number of hydrogen-bond acceptors (Lipinski definition) is 2. The normalized spacial score (nSPS) is 8.88. The molecule has 4 nitrogen and oxygen atoms in total. The lowest BCUT2D eigenvalue weighted by atomic mass is 10.2. The van der Waals surface area contributed by atoms with E-state index in [9.17, 15) is 14.0 Å². The lowest BCUT2D eigenvalue weighted by Gasteiger charge is -2.08. The summed E-state index contributed by atoms with van der Waals surface area (Å²) in [6.07, 6.45) is 0. The molecule has 0 aliphatic heterocycles. The molecule has 0 fully saturated rings. The summed E-state index contributed by atoms with van der Waals surface area (Å²) in [7, 11) is 3.01. The summed E-state index contributed by atoms with van der Waals surface area (Å²) >= 11 is 0. The second-order valence-corrected chi connectivity index (χ2v) is 3.41. The van der Waals surface area contributed by atoms with Gasteiger partial charge in [0.1, 0.15) is 5.82 Å². The Morgan fingerprint density at radius 2 is 2.06 bits per heavy atom. The van der Waals surface area contributed by atoms with E-state index in [1.807, 2.05) is 5.32 Å². The van der Waals surface area contributed by atoms with Gasteiger partial charge in [-0.1, -0.05) is 12.0 Å². The van der Waals surface area contributed by atoms with Crippen molar-refractivity contribution >= 4 is 11.9 Å². The maximum absolute atomic E-state index is 12.8. The number of nitrogens with zero attached hydrogens (tertiary/aromatic N) is 1. The minimum absolute atomic E-state index is 0.373. The van der Waals surface area contributed by atoms with E-state index in [1.54, 1.807) is 6.07 Å². The minimum atomic E-state index is -0.729. The maximum Gasteiger partial charge on any atom is 0.324 e. The highest BCUT2D eigenvalue weighted by Gasteiger charge is 2.05. The van der Waals surface area contributed by atoms with Crippen molar-refractivity contribution in [2.75, 3.05) is 14.1 Å². The lowest BCUT2D eigenvalue weighted by Crippen LogP contribution is -2.37. The van der Waals surface area contributed by atoms with E-state index in [1.165, 1.54) is 37.2 Å². The lowest BCUT2D eigenvalue weighted by molar-refractivity contribution is -0.114. The smallest absolute Gasteiger partial charge is 0.324 e. The van der Waals surface area contributed by atoms with Crippen LogP contribution in [0.15, 0.2) is 24.3 Å². The second kappa shape index (κ2) is 5.66. The Morgan fingerprint density at radius 3 is 2.65 bits per heavy atom. The van der Waals surface area contributed by atoms with Crippen LogP contribution in [-0.4, -0.2) is 30.9 Å². The Balaban J connectivity index is 2.67. The number of imide groups is 1. The molecule has 0 radical (unpaired) electrons. The van der Waals surface area contributed by atoms with Crippen LogP contribution in [0.4, 0.5) is 9.18 Å². The Bertz CT molecular complexity index is 501. The van der Waals surface area contributed by atoms with Crippen LogP contribution in [0.1, 0.15) is 5.56 Å². The number of carbonyl (C=O) groups is 2. The summed E-state index contributed by atoms with van der Waals surface area (Å²) in [6.45, 7) is 0. The monoisotopic (exact) mass is 234 g/mol. The average Bonchev–Trinajstić information content (AvgIpc) is 2.26. The molecule has 0 aromatic heterocycles. The summed E-state index contributed by atoms with van der Waals surface area (Å²) in [5.41, 5.74) is 0.373. The molecule has 0 saturated heterocycles. The molecule has 0 unspecified atom stereocenters. The molecule has 0 aliphatic rings. The molecule has 0 atom stereocenters. The molecule has 5 heteroatoms. The van der Waals surface area contributed by atoms with Crippen molar-refractivity contribution in [1.82, 2.24) is 10.2 Å². The third-order valence-corrected chi connectivity index (χ3v) is 1.77. The zero-order valence-electron chi connectivity index (χ0n) is 9.45. The van der Waals surface area contributed by atoms with Gasteiger partial charge in [-0.05, 0) is 18.2 Å². The molecule has 1 aromatic rings. The van der Waals surface area contributed by atoms with Gasteiger partial charge in [0, 0.05) is 25.6 Å². The van der Waals surface area contributed by atoms with E-state index < -0.39 is 17.8 Å². The van der Waals surface area contributed by atoms with E-state index in [2.05, 4.69) is 11.8 Å². The van der Waals surface area contributed by atoms with Gasteiger partial charge >= 0.3 is 11.9 Å². The first kappa shape index (κ1) is 12.7. The number of urea groups is 1. The third-order valence-electron chi connectivity index (χ3n) is 1.77. The molecule has 0 bridgehead atoms. The zero-order valence-corrected chi connectivity index (χ0v) is 9.45. The minimum Gasteiger partial charge on any atom is -0.331 e. The zero-order chi connectivity index (χ0) is 12.8. The molecule has 17 heavy (non-hydrogen) atoms. The standard InChI is InChI=1S/C12H11FN2O2/c1-15(2)12(17)14-11(16)7-6-9-4-3-5-10(13)8-9/h3-5,8H,1-2H3,(H,14,16,17). The van der Waals surface area contributed by atoms with Gasteiger partial charge in [-0.15, -0.1) is 0 Å². The summed E-state index contributed by atoms with van der Waals surface area (Å²) in [5, 5.41) is 2.04. The van der Waals surface area contributed by atoms with Crippen LogP contribution in [0, 0.1) is 17.7 Å². The van der Waals surface area contributed by atoms with Crippen molar-refractivity contribution in [3.8, 4) is 11.8 Å². The summed E-state index contributed by atoms with van der Waals surface area (Å²) in [4.78, 5) is 23.5. The van der Waals surface area contributed by atoms with Gasteiger partial charge in [0.05, 0.1) is 0 Å². The van der Waals surface area contributed by atoms with Gasteiger partial charge in [-0.3, -0.25) is 10.1 Å². The Labute approximate surface area is 98.4 Å². The number of amides is 3. The van der Waals surface area contributed by atoms with Gasteiger partial charge in [0.15, 0.2) is 0 Å². The third kappa shape index (κ3) is 4.34. The van der Waals surface area contributed by atoms with Crippen LogP contribution in [0.2, 0.25) is 0 Å². The number of hydrogen-bond donors (Lipinski definition) is 1. The highest BCUT2D eigenvalue weighted by molar-refractivity contribution is 6.04. The van der Waals surface area contributed by atoms with Gasteiger partial charge in [0.25, 0.3) is 0 Å². The first-order valence-electron chi connectivity index (χ1n) is 4.79. The van der Waals surface area contributed by atoms with E-state index in [0.717, 1.165) is 0 Å². The first-order valence-corrected chi connectivity index (χ1v) is 4.79. The van der Waals surface area contributed by atoms with Crippen molar-refractivity contribution in [3.05, 3.63) is 35.6 Å². The highest BCUT2D eigenvalue weighted by atomic mass is 19.1. The average molecular weight is 234 g/mol. The fourth-order valence-corrected chi connectivity index (χ4v) is 0.935. The molecule has 0 spiro atoms. The predicted molar refractivity (Wildman–Crippen MR) is 60.5 cm³/mol. The number of halogens is 1. The molecule has 0 saturated carbocycles. The number of nitrogens with one attached hydrogen (secondary N) is 1. The van der Waals surface area contributed by atoms with E-state index in [0.29, 0.717) is 5.56 Å². The van der Waals surface area contributed by atoms with Crippen molar-refractivity contribution in [2.24, 2.45) is 0 Å². The Morgan fingerprint density at radius 1 is 1.35 bits per heavy atom. The summed E-state index contributed by atoms with van der Waals surface area (Å²) in [5.74, 6) is 3.50. The van der Waals surface area contributed by atoms with Gasteiger partial charge < -0.3 is 4.90 Å². The van der Waals surface area contributed by atoms with Crippen molar-refractivity contribution in [3.63, 3.8) is 0 Å². The fourth-order valence-electron chi connectivity index (χ4n) is 0.935. The number of rotatable bonds is 0. The van der Waals surface area contributed by atoms with Crippen LogP contribution < -0.4 is 5.32 Å². The van der Waals surface area contributed by atoms with Crippen molar-refractivity contribution in [1.29, 1.82) is 0 Å². The molecule has 3 amide bonds. The van der Waals surface area contributed by atoms with Gasteiger partial charge in [-0.25, -0.2) is 9.18 Å². The van der Waals surface area contributed by atoms with E-state index >= 15 is 0 Å². The Kier molecular flexibility index (Phi) is 4.23. The quantitative estimate of drug-likeness (QED) is 0.680. The van der Waals surface area contributed by atoms with Crippen LogP contribution in [0.3, 0.4) is 0 Å².